The summed E-state index contributed by atoms with van der Waals surface area (Å²) in [6.07, 6.45) is 0. The first-order valence-corrected chi connectivity index (χ1v) is 11.8. The zero-order valence-corrected chi connectivity index (χ0v) is 20.3. The van der Waals surface area contributed by atoms with Crippen molar-refractivity contribution in [2.45, 2.75) is 32.7 Å². The Labute approximate surface area is 201 Å². The number of thiophene rings is 1. The first-order chi connectivity index (χ1) is 15.7. The van der Waals surface area contributed by atoms with E-state index in [1.807, 2.05) is 48.7 Å². The van der Waals surface area contributed by atoms with E-state index >= 15 is 0 Å². The van der Waals surface area contributed by atoms with Crippen molar-refractivity contribution >= 4 is 46.1 Å². The van der Waals surface area contributed by atoms with Crippen LogP contribution in [-0.2, 0) is 9.59 Å². The molecule has 1 atom stereocenters. The van der Waals surface area contributed by atoms with E-state index in [4.69, 9.17) is 16.3 Å². The lowest BCUT2D eigenvalue weighted by Gasteiger charge is -2.24. The van der Waals surface area contributed by atoms with Gasteiger partial charge in [0.15, 0.2) is 0 Å². The molecule has 0 aliphatic carbocycles. The van der Waals surface area contributed by atoms with Gasteiger partial charge in [-0.25, -0.2) is 0 Å². The number of amides is 1. The van der Waals surface area contributed by atoms with Crippen LogP contribution in [0.3, 0.4) is 0 Å². The Morgan fingerprint density at radius 3 is 2.42 bits per heavy atom. The Bertz CT molecular complexity index is 1250. The molecule has 0 radical (unpaired) electrons. The van der Waals surface area contributed by atoms with Gasteiger partial charge in [0.2, 0.25) is 0 Å². The van der Waals surface area contributed by atoms with E-state index in [-0.39, 0.29) is 22.6 Å². The van der Waals surface area contributed by atoms with Crippen LogP contribution in [0, 0.1) is 6.92 Å². The van der Waals surface area contributed by atoms with Crippen LogP contribution in [0.15, 0.2) is 59.5 Å². The summed E-state index contributed by atoms with van der Waals surface area (Å²) in [6, 6.07) is 13.9. The summed E-state index contributed by atoms with van der Waals surface area (Å²) in [5, 5.41) is 13.6. The van der Waals surface area contributed by atoms with Gasteiger partial charge in [-0.15, -0.1) is 11.3 Å². The number of rotatable bonds is 5. The fourth-order valence-electron chi connectivity index (χ4n) is 4.09. The van der Waals surface area contributed by atoms with Crippen molar-refractivity contribution < 1.29 is 19.4 Å². The standard InChI is InChI=1S/C26H24ClNO4S/c1-14(2)16-7-9-17(10-8-16)28-22(20-6-5-11-33-20)21(24(30)26(28)31)23(29)18-12-15(3)13-19(27)25(18)32-4/h5-14,22,29H,1-4H3/b23-21-. The number of anilines is 1. The maximum atomic E-state index is 13.3. The molecular weight excluding hydrogens is 458 g/mol. The highest BCUT2D eigenvalue weighted by atomic mass is 35.5. The Balaban J connectivity index is 1.94. The molecule has 1 aliphatic rings. The second-order valence-corrected chi connectivity index (χ2v) is 9.64. The summed E-state index contributed by atoms with van der Waals surface area (Å²) < 4.78 is 5.41. The van der Waals surface area contributed by atoms with Gasteiger partial charge in [-0.2, -0.15) is 0 Å². The molecular formula is C26H24ClNO4S. The zero-order chi connectivity index (χ0) is 23.9. The highest BCUT2D eigenvalue weighted by molar-refractivity contribution is 7.10. The molecule has 5 nitrogen and oxygen atoms in total. The summed E-state index contributed by atoms with van der Waals surface area (Å²) in [7, 11) is 1.44. The number of carbonyl (C=O) groups is 2. The van der Waals surface area contributed by atoms with Crippen molar-refractivity contribution in [1.82, 2.24) is 0 Å². The van der Waals surface area contributed by atoms with Crippen LogP contribution in [0.4, 0.5) is 5.69 Å². The summed E-state index contributed by atoms with van der Waals surface area (Å²) in [6.45, 7) is 6.01. The lowest BCUT2D eigenvalue weighted by Crippen LogP contribution is -2.29. The molecule has 4 rings (SSSR count). The Kier molecular flexibility index (Phi) is 6.32. The fourth-order valence-corrected chi connectivity index (χ4v) is 5.27. The molecule has 7 heteroatoms. The number of methoxy groups -OCH3 is 1. The van der Waals surface area contributed by atoms with Crippen molar-refractivity contribution in [1.29, 1.82) is 0 Å². The number of aliphatic hydroxyl groups is 1. The normalized spacial score (nSPS) is 17.8. The molecule has 0 bridgehead atoms. The molecule has 1 unspecified atom stereocenters. The molecule has 1 aromatic heterocycles. The van der Waals surface area contributed by atoms with Crippen LogP contribution in [0.2, 0.25) is 5.02 Å². The molecule has 2 aromatic carbocycles. The van der Waals surface area contributed by atoms with Crippen LogP contribution in [0.25, 0.3) is 5.76 Å². The second kappa shape index (κ2) is 9.04. The Hall–Kier alpha value is -3.09. The minimum atomic E-state index is -0.765. The van der Waals surface area contributed by atoms with Gasteiger partial charge in [0.05, 0.1) is 23.3 Å². The molecule has 1 saturated heterocycles. The molecule has 1 amide bonds. The van der Waals surface area contributed by atoms with E-state index in [1.54, 1.807) is 12.1 Å². The topological polar surface area (TPSA) is 66.8 Å². The number of ketones is 1. The lowest BCUT2D eigenvalue weighted by molar-refractivity contribution is -0.132. The number of carbonyl (C=O) groups excluding carboxylic acids is 2. The van der Waals surface area contributed by atoms with Crippen LogP contribution < -0.4 is 9.64 Å². The van der Waals surface area contributed by atoms with Crippen LogP contribution in [0.1, 0.15) is 47.4 Å². The number of hydrogen-bond donors (Lipinski definition) is 1. The maximum Gasteiger partial charge on any atom is 0.300 e. The summed E-state index contributed by atoms with van der Waals surface area (Å²) >= 11 is 7.75. The molecule has 170 valence electrons. The minimum Gasteiger partial charge on any atom is -0.507 e. The number of Topliss-reactive ketones (excluding diaryl/α,β-unsaturated/α-hetero) is 1. The average Bonchev–Trinajstić information content (AvgIpc) is 3.40. The van der Waals surface area contributed by atoms with Crippen LogP contribution in [0.5, 0.6) is 5.75 Å². The first kappa shape index (κ1) is 23.1. The van der Waals surface area contributed by atoms with Gasteiger partial charge >= 0.3 is 0 Å². The molecule has 1 N–H and O–H groups in total. The quantitative estimate of drug-likeness (QED) is 0.257. The second-order valence-electron chi connectivity index (χ2n) is 8.26. The molecule has 1 aliphatic heterocycles. The summed E-state index contributed by atoms with van der Waals surface area (Å²) in [4.78, 5) is 28.7. The van der Waals surface area contributed by atoms with E-state index in [9.17, 15) is 14.7 Å². The minimum absolute atomic E-state index is 0.00959. The van der Waals surface area contributed by atoms with Gasteiger partial charge in [-0.05, 0) is 59.7 Å². The third kappa shape index (κ3) is 4.05. The zero-order valence-electron chi connectivity index (χ0n) is 18.8. The summed E-state index contributed by atoms with van der Waals surface area (Å²) in [5.41, 5.74) is 2.79. The van der Waals surface area contributed by atoms with Gasteiger partial charge < -0.3 is 9.84 Å². The maximum absolute atomic E-state index is 13.3. The fraction of sp³-hybridized carbons (Fsp3) is 0.231. The summed E-state index contributed by atoms with van der Waals surface area (Å²) in [5.74, 6) is -1.17. The van der Waals surface area contributed by atoms with Crippen LogP contribution >= 0.6 is 22.9 Å². The Morgan fingerprint density at radius 2 is 1.85 bits per heavy atom. The predicted molar refractivity (Wildman–Crippen MR) is 132 cm³/mol. The number of aryl methyl sites for hydroxylation is 1. The largest absolute Gasteiger partial charge is 0.507 e. The SMILES string of the molecule is COc1c(Cl)cc(C)cc1/C(O)=C1/C(=O)C(=O)N(c2ccc(C(C)C)cc2)C1c1cccs1. The Morgan fingerprint density at radius 1 is 1.15 bits per heavy atom. The number of hydrogen-bond acceptors (Lipinski definition) is 5. The molecule has 0 spiro atoms. The van der Waals surface area contributed by atoms with Gasteiger partial charge in [0.25, 0.3) is 11.7 Å². The van der Waals surface area contributed by atoms with Crippen molar-refractivity contribution in [2.24, 2.45) is 0 Å². The lowest BCUT2D eigenvalue weighted by atomic mass is 9.98. The monoisotopic (exact) mass is 481 g/mol. The van der Waals surface area contributed by atoms with E-state index in [2.05, 4.69) is 13.8 Å². The number of halogens is 1. The first-order valence-electron chi connectivity index (χ1n) is 10.5. The third-order valence-electron chi connectivity index (χ3n) is 5.74. The molecule has 2 heterocycles. The van der Waals surface area contributed by atoms with Gasteiger partial charge in [-0.3, -0.25) is 14.5 Å². The number of benzene rings is 2. The predicted octanol–water partition coefficient (Wildman–Crippen LogP) is 6.47. The molecule has 3 aromatic rings. The van der Waals surface area contributed by atoms with Crippen molar-refractivity contribution in [2.75, 3.05) is 12.0 Å². The highest BCUT2D eigenvalue weighted by Crippen LogP contribution is 2.45. The van der Waals surface area contributed by atoms with E-state index in [0.717, 1.165) is 16.0 Å². The van der Waals surface area contributed by atoms with Crippen molar-refractivity contribution in [3.05, 3.63) is 86.1 Å². The van der Waals surface area contributed by atoms with E-state index < -0.39 is 17.7 Å². The van der Waals surface area contributed by atoms with Crippen molar-refractivity contribution in [3.63, 3.8) is 0 Å². The van der Waals surface area contributed by atoms with Gasteiger partial charge in [0, 0.05) is 10.6 Å². The molecule has 0 saturated carbocycles. The van der Waals surface area contributed by atoms with Gasteiger partial charge in [-0.1, -0.05) is 43.6 Å². The number of nitrogens with zero attached hydrogens (tertiary/aromatic N) is 1. The third-order valence-corrected chi connectivity index (χ3v) is 6.95. The molecule has 1 fully saturated rings. The number of ether oxygens (including phenoxy) is 1. The number of aliphatic hydroxyl groups excluding tert-OH is 1. The van der Waals surface area contributed by atoms with E-state index in [0.29, 0.717) is 16.6 Å². The molecule has 33 heavy (non-hydrogen) atoms. The van der Waals surface area contributed by atoms with Crippen molar-refractivity contribution in [3.8, 4) is 5.75 Å². The van der Waals surface area contributed by atoms with E-state index in [1.165, 1.54) is 23.3 Å². The smallest absolute Gasteiger partial charge is 0.300 e. The van der Waals surface area contributed by atoms with Crippen LogP contribution in [-0.4, -0.2) is 23.9 Å². The average molecular weight is 482 g/mol. The van der Waals surface area contributed by atoms with Gasteiger partial charge in [0.1, 0.15) is 17.6 Å². The highest BCUT2D eigenvalue weighted by Gasteiger charge is 2.47.